The highest BCUT2D eigenvalue weighted by atomic mass is 16.5. The fraction of sp³-hybridized carbons (Fsp3) is 0.474. The van der Waals surface area contributed by atoms with E-state index in [1.165, 1.54) is 12.0 Å². The zero-order valence-corrected chi connectivity index (χ0v) is 15.2. The number of hydrogen-bond donors (Lipinski definition) is 1. The first-order valence-electron chi connectivity index (χ1n) is 8.56. The number of nitrogens with one attached hydrogen (secondary N) is 1. The minimum atomic E-state index is 0.788. The van der Waals surface area contributed by atoms with E-state index in [9.17, 15) is 0 Å². The Hall–Kier alpha value is -2.30. The maximum Gasteiger partial charge on any atom is 0.134 e. The highest BCUT2D eigenvalue weighted by Gasteiger charge is 2.07. The predicted molar refractivity (Wildman–Crippen MR) is 100 cm³/mol. The molecular weight excluding hydrogens is 300 g/mol. The molecule has 0 aliphatic carbocycles. The van der Waals surface area contributed by atoms with Crippen molar-refractivity contribution in [3.8, 4) is 5.75 Å². The van der Waals surface area contributed by atoms with Crippen molar-refractivity contribution in [2.75, 3.05) is 37.5 Å². The summed E-state index contributed by atoms with van der Waals surface area (Å²) in [6, 6.07) is 10.1. The molecule has 0 fully saturated rings. The van der Waals surface area contributed by atoms with Crippen molar-refractivity contribution >= 4 is 11.6 Å². The molecule has 1 aromatic carbocycles. The molecule has 0 saturated heterocycles. The second-order valence-electron chi connectivity index (χ2n) is 5.92. The Morgan fingerprint density at radius 2 is 2.00 bits per heavy atom. The molecule has 2 rings (SSSR count). The minimum Gasteiger partial charge on any atom is -0.496 e. The van der Waals surface area contributed by atoms with Crippen LogP contribution in [0.3, 0.4) is 0 Å². The maximum absolute atomic E-state index is 5.40. The van der Waals surface area contributed by atoms with Gasteiger partial charge in [-0.3, -0.25) is 0 Å². The maximum atomic E-state index is 5.40. The van der Waals surface area contributed by atoms with Crippen LogP contribution in [0.5, 0.6) is 5.75 Å². The summed E-state index contributed by atoms with van der Waals surface area (Å²) in [5.74, 6) is 3.56. The molecule has 5 heteroatoms. The first-order chi connectivity index (χ1) is 11.6. The number of nitrogens with zero attached hydrogens (tertiary/aromatic N) is 3. The number of benzene rings is 1. The summed E-state index contributed by atoms with van der Waals surface area (Å²) in [7, 11) is 3.79. The highest BCUT2D eigenvalue weighted by molar-refractivity contribution is 5.49. The number of rotatable bonds is 9. The molecule has 0 aliphatic heterocycles. The Morgan fingerprint density at radius 1 is 1.21 bits per heavy atom. The number of methoxy groups -OCH3 is 1. The summed E-state index contributed by atoms with van der Waals surface area (Å²) < 4.78 is 5.40. The normalized spacial score (nSPS) is 10.5. The lowest BCUT2D eigenvalue weighted by Crippen LogP contribution is -2.20. The largest absolute Gasteiger partial charge is 0.496 e. The molecule has 0 radical (unpaired) electrons. The monoisotopic (exact) mass is 328 g/mol. The van der Waals surface area contributed by atoms with Crippen molar-refractivity contribution in [1.82, 2.24) is 9.97 Å². The van der Waals surface area contributed by atoms with Gasteiger partial charge in [-0.15, -0.1) is 0 Å². The van der Waals surface area contributed by atoms with E-state index in [0.717, 1.165) is 49.1 Å². The smallest absolute Gasteiger partial charge is 0.134 e. The summed E-state index contributed by atoms with van der Waals surface area (Å²) >= 11 is 0. The Bertz CT molecular complexity index is 645. The van der Waals surface area contributed by atoms with Crippen LogP contribution in [0.15, 0.2) is 30.3 Å². The van der Waals surface area contributed by atoms with Crippen LogP contribution in [0.25, 0.3) is 0 Å². The van der Waals surface area contributed by atoms with Crippen LogP contribution in [-0.2, 0) is 6.42 Å². The molecule has 0 unspecified atom stereocenters. The third kappa shape index (κ3) is 5.11. The molecule has 0 atom stereocenters. The number of anilines is 2. The molecule has 0 amide bonds. The zero-order valence-electron chi connectivity index (χ0n) is 15.2. The van der Waals surface area contributed by atoms with Gasteiger partial charge in [0.05, 0.1) is 7.11 Å². The van der Waals surface area contributed by atoms with Gasteiger partial charge < -0.3 is 15.0 Å². The number of aryl methyl sites for hydroxylation is 1. The van der Waals surface area contributed by atoms with E-state index in [1.54, 1.807) is 7.11 Å². The van der Waals surface area contributed by atoms with Gasteiger partial charge in [-0.25, -0.2) is 9.97 Å². The standard InChI is InChI=1S/C19H28N4O/c1-5-6-13-23(3)19-14-18(21-15(2)22-19)20-12-11-16-9-7-8-10-17(16)24-4/h7-10,14H,5-6,11-13H2,1-4H3,(H,20,21,22). The lowest BCUT2D eigenvalue weighted by molar-refractivity contribution is 0.410. The molecule has 1 heterocycles. The average molecular weight is 328 g/mol. The predicted octanol–water partition coefficient (Wildman–Crippen LogP) is 3.68. The van der Waals surface area contributed by atoms with Crippen LogP contribution in [0, 0.1) is 6.92 Å². The van der Waals surface area contributed by atoms with Crippen LogP contribution in [0.4, 0.5) is 11.6 Å². The second-order valence-corrected chi connectivity index (χ2v) is 5.92. The van der Waals surface area contributed by atoms with Crippen molar-refractivity contribution < 1.29 is 4.74 Å². The highest BCUT2D eigenvalue weighted by Crippen LogP contribution is 2.19. The SMILES string of the molecule is CCCCN(C)c1cc(NCCc2ccccc2OC)nc(C)n1. The van der Waals surface area contributed by atoms with Gasteiger partial charge in [0.25, 0.3) is 0 Å². The fourth-order valence-electron chi connectivity index (χ4n) is 2.58. The quantitative estimate of drug-likeness (QED) is 0.761. The number of para-hydroxylation sites is 1. The van der Waals surface area contributed by atoms with E-state index >= 15 is 0 Å². The molecule has 5 nitrogen and oxygen atoms in total. The van der Waals surface area contributed by atoms with Gasteiger partial charge in [-0.05, 0) is 31.4 Å². The van der Waals surface area contributed by atoms with Crippen molar-refractivity contribution in [2.45, 2.75) is 33.1 Å². The third-order valence-corrected chi connectivity index (χ3v) is 3.96. The zero-order chi connectivity index (χ0) is 17.4. The van der Waals surface area contributed by atoms with Gasteiger partial charge in [0.1, 0.15) is 23.2 Å². The minimum absolute atomic E-state index is 0.788. The van der Waals surface area contributed by atoms with E-state index in [1.807, 2.05) is 31.2 Å². The summed E-state index contributed by atoms with van der Waals surface area (Å²) in [5, 5.41) is 3.40. The number of aromatic nitrogens is 2. The molecule has 0 aliphatic rings. The molecule has 0 saturated carbocycles. The summed E-state index contributed by atoms with van der Waals surface area (Å²) in [6.07, 6.45) is 3.22. The van der Waals surface area contributed by atoms with Crippen LogP contribution in [0.2, 0.25) is 0 Å². The van der Waals surface area contributed by atoms with E-state index < -0.39 is 0 Å². The molecule has 0 bridgehead atoms. The number of ether oxygens (including phenoxy) is 1. The van der Waals surface area contributed by atoms with Gasteiger partial charge in [0, 0.05) is 26.2 Å². The summed E-state index contributed by atoms with van der Waals surface area (Å²) in [5.41, 5.74) is 1.19. The third-order valence-electron chi connectivity index (χ3n) is 3.96. The topological polar surface area (TPSA) is 50.3 Å². The van der Waals surface area contributed by atoms with Crippen LogP contribution in [0.1, 0.15) is 31.2 Å². The van der Waals surface area contributed by atoms with Gasteiger partial charge in [0.2, 0.25) is 0 Å². The Kier molecular flexibility index (Phi) is 6.85. The number of unbranched alkanes of at least 4 members (excludes halogenated alkanes) is 1. The molecule has 24 heavy (non-hydrogen) atoms. The molecule has 1 aromatic heterocycles. The lowest BCUT2D eigenvalue weighted by atomic mass is 10.1. The molecule has 130 valence electrons. The number of hydrogen-bond acceptors (Lipinski definition) is 5. The van der Waals surface area contributed by atoms with Crippen LogP contribution in [-0.4, -0.2) is 37.2 Å². The van der Waals surface area contributed by atoms with E-state index in [2.05, 4.69) is 40.2 Å². The Labute approximate surface area is 145 Å². The van der Waals surface area contributed by atoms with E-state index in [4.69, 9.17) is 4.74 Å². The van der Waals surface area contributed by atoms with Gasteiger partial charge in [-0.1, -0.05) is 31.5 Å². The lowest BCUT2D eigenvalue weighted by Gasteiger charge is -2.19. The first kappa shape index (κ1) is 18.0. The Morgan fingerprint density at radius 3 is 2.75 bits per heavy atom. The average Bonchev–Trinajstić information content (AvgIpc) is 2.59. The van der Waals surface area contributed by atoms with Crippen molar-refractivity contribution in [1.29, 1.82) is 0 Å². The van der Waals surface area contributed by atoms with Crippen molar-refractivity contribution in [3.63, 3.8) is 0 Å². The van der Waals surface area contributed by atoms with Gasteiger partial charge in [0.15, 0.2) is 0 Å². The fourth-order valence-corrected chi connectivity index (χ4v) is 2.58. The first-order valence-corrected chi connectivity index (χ1v) is 8.56. The molecular formula is C19H28N4O. The molecule has 1 N–H and O–H groups in total. The van der Waals surface area contributed by atoms with Crippen LogP contribution >= 0.6 is 0 Å². The van der Waals surface area contributed by atoms with E-state index in [0.29, 0.717) is 0 Å². The molecule has 0 spiro atoms. The van der Waals surface area contributed by atoms with E-state index in [-0.39, 0.29) is 0 Å². The van der Waals surface area contributed by atoms with Crippen molar-refractivity contribution in [3.05, 3.63) is 41.7 Å². The molecule has 2 aromatic rings. The second kappa shape index (κ2) is 9.11. The van der Waals surface area contributed by atoms with Crippen molar-refractivity contribution in [2.24, 2.45) is 0 Å². The summed E-state index contributed by atoms with van der Waals surface area (Å²) in [6.45, 7) is 5.94. The Balaban J connectivity index is 1.98. The van der Waals surface area contributed by atoms with Crippen LogP contribution < -0.4 is 15.0 Å². The van der Waals surface area contributed by atoms with Gasteiger partial charge >= 0.3 is 0 Å². The van der Waals surface area contributed by atoms with Gasteiger partial charge in [-0.2, -0.15) is 0 Å². The summed E-state index contributed by atoms with van der Waals surface area (Å²) in [4.78, 5) is 11.2.